The van der Waals surface area contributed by atoms with Crippen molar-refractivity contribution in [3.8, 4) is 0 Å². The van der Waals surface area contributed by atoms with Crippen molar-refractivity contribution in [1.29, 1.82) is 0 Å². The summed E-state index contributed by atoms with van der Waals surface area (Å²) in [4.78, 5) is 4.13. The Morgan fingerprint density at radius 2 is 2.08 bits per heavy atom. The molecule has 1 heterocycles. The van der Waals surface area contributed by atoms with E-state index >= 15 is 0 Å². The molecule has 0 bridgehead atoms. The molecule has 0 amide bonds. The van der Waals surface area contributed by atoms with Crippen LogP contribution in [0, 0.1) is 6.92 Å². The highest BCUT2D eigenvalue weighted by molar-refractivity contribution is 7.22. The molecule has 0 aliphatic heterocycles. The largest absolute Gasteiger partial charge is 0.223 e. The number of benzene rings is 1. The summed E-state index contributed by atoms with van der Waals surface area (Å²) in [5, 5.41) is 0.704. The fourth-order valence-electron chi connectivity index (χ4n) is 1.04. The van der Waals surface area contributed by atoms with Crippen LogP contribution in [0.1, 0.15) is 5.56 Å². The van der Waals surface area contributed by atoms with Crippen LogP contribution in [0.3, 0.4) is 0 Å². The number of hydrogen-bond acceptors (Lipinski definition) is 2. The lowest BCUT2D eigenvalue weighted by Gasteiger charge is -1.95. The maximum atomic E-state index is 6.02. The third-order valence-corrected chi connectivity index (χ3v) is 3.27. The summed E-state index contributed by atoms with van der Waals surface area (Å²) in [7, 11) is 0. The molecule has 12 heavy (non-hydrogen) atoms. The molecule has 4 heteroatoms. The Bertz CT molecular complexity index is 436. The summed E-state index contributed by atoms with van der Waals surface area (Å²) >= 11 is 13.2. The van der Waals surface area contributed by atoms with E-state index in [9.17, 15) is 0 Å². The number of nitrogens with zero attached hydrogens (tertiary/aromatic N) is 1. The molecule has 0 aliphatic rings. The third-order valence-electron chi connectivity index (χ3n) is 1.67. The number of thiazole rings is 1. The molecule has 0 N–H and O–H groups in total. The first-order valence-corrected chi connectivity index (χ1v) is 4.97. The minimum atomic E-state index is 0.539. The number of aromatic nitrogens is 1. The molecule has 0 aliphatic carbocycles. The first-order chi connectivity index (χ1) is 5.68. The third kappa shape index (κ3) is 1.20. The Morgan fingerprint density at radius 1 is 1.33 bits per heavy atom. The van der Waals surface area contributed by atoms with Gasteiger partial charge in [0.1, 0.15) is 5.52 Å². The molecule has 62 valence electrons. The van der Waals surface area contributed by atoms with Crippen LogP contribution in [0.2, 0.25) is 9.49 Å². The minimum absolute atomic E-state index is 0.539. The van der Waals surface area contributed by atoms with Crippen LogP contribution in [0.5, 0.6) is 0 Å². The van der Waals surface area contributed by atoms with Gasteiger partial charge in [-0.05, 0) is 18.6 Å². The molecule has 0 atom stereocenters. The highest BCUT2D eigenvalue weighted by Crippen LogP contribution is 2.32. The summed E-state index contributed by atoms with van der Waals surface area (Å²) < 4.78 is 1.58. The predicted octanol–water partition coefficient (Wildman–Crippen LogP) is 3.91. The monoisotopic (exact) mass is 217 g/mol. The van der Waals surface area contributed by atoms with Gasteiger partial charge in [0.2, 0.25) is 0 Å². The zero-order chi connectivity index (χ0) is 8.72. The number of hydrogen-bond donors (Lipinski definition) is 0. The van der Waals surface area contributed by atoms with E-state index in [1.54, 1.807) is 0 Å². The molecule has 0 saturated heterocycles. The summed E-state index contributed by atoms with van der Waals surface area (Å²) in [5.74, 6) is 0. The van der Waals surface area contributed by atoms with E-state index in [4.69, 9.17) is 23.2 Å². The van der Waals surface area contributed by atoms with Crippen LogP contribution in [0.25, 0.3) is 10.2 Å². The van der Waals surface area contributed by atoms with Gasteiger partial charge in [-0.25, -0.2) is 4.98 Å². The van der Waals surface area contributed by atoms with Crippen molar-refractivity contribution in [2.45, 2.75) is 6.92 Å². The van der Waals surface area contributed by atoms with Crippen molar-refractivity contribution in [1.82, 2.24) is 4.98 Å². The quantitative estimate of drug-likeness (QED) is 0.653. The van der Waals surface area contributed by atoms with Crippen molar-refractivity contribution < 1.29 is 0 Å². The standard InChI is InChI=1S/C8H5Cl2NS/c1-4-2-3-5-7(6(4)9)11-8(10)12-5/h2-3H,1H3. The van der Waals surface area contributed by atoms with Crippen LogP contribution in [-0.2, 0) is 0 Å². The Kier molecular flexibility index (Phi) is 1.99. The van der Waals surface area contributed by atoms with E-state index in [1.807, 2.05) is 19.1 Å². The molecule has 2 rings (SSSR count). The highest BCUT2D eigenvalue weighted by Gasteiger charge is 2.06. The number of halogens is 2. The molecule has 0 unspecified atom stereocenters. The van der Waals surface area contributed by atoms with E-state index in [0.717, 1.165) is 15.8 Å². The first kappa shape index (κ1) is 8.30. The zero-order valence-corrected chi connectivity index (χ0v) is 8.59. The van der Waals surface area contributed by atoms with Crippen LogP contribution >= 0.6 is 34.5 Å². The van der Waals surface area contributed by atoms with Gasteiger partial charge in [0.15, 0.2) is 4.47 Å². The average Bonchev–Trinajstić information content (AvgIpc) is 2.39. The highest BCUT2D eigenvalue weighted by atomic mass is 35.5. The number of aryl methyl sites for hydroxylation is 1. The van der Waals surface area contributed by atoms with Crippen LogP contribution in [-0.4, -0.2) is 4.98 Å². The molecule has 1 aromatic heterocycles. The van der Waals surface area contributed by atoms with Crippen LogP contribution < -0.4 is 0 Å². The molecule has 0 radical (unpaired) electrons. The summed E-state index contributed by atoms with van der Waals surface area (Å²) in [6, 6.07) is 3.96. The second-order valence-electron chi connectivity index (χ2n) is 2.51. The average molecular weight is 218 g/mol. The maximum Gasteiger partial charge on any atom is 0.184 e. The van der Waals surface area contributed by atoms with Gasteiger partial charge in [-0.3, -0.25) is 0 Å². The van der Waals surface area contributed by atoms with Gasteiger partial charge in [-0.1, -0.05) is 29.3 Å². The Morgan fingerprint density at radius 3 is 2.83 bits per heavy atom. The molecule has 1 nitrogen and oxygen atoms in total. The first-order valence-electron chi connectivity index (χ1n) is 3.39. The normalized spacial score (nSPS) is 10.9. The molecule has 2 aromatic rings. The van der Waals surface area contributed by atoms with Gasteiger partial charge < -0.3 is 0 Å². The SMILES string of the molecule is Cc1ccc2sc(Cl)nc2c1Cl. The second kappa shape index (κ2) is 2.87. The summed E-state index contributed by atoms with van der Waals surface area (Å²) in [5.41, 5.74) is 1.85. The minimum Gasteiger partial charge on any atom is -0.223 e. The van der Waals surface area contributed by atoms with Crippen molar-refractivity contribution >= 4 is 44.8 Å². The number of rotatable bonds is 0. The lowest BCUT2D eigenvalue weighted by Crippen LogP contribution is -1.75. The van der Waals surface area contributed by atoms with Crippen molar-refractivity contribution in [3.63, 3.8) is 0 Å². The predicted molar refractivity (Wildman–Crippen MR) is 54.4 cm³/mol. The van der Waals surface area contributed by atoms with Crippen molar-refractivity contribution in [2.24, 2.45) is 0 Å². The van der Waals surface area contributed by atoms with Gasteiger partial charge in [0.25, 0.3) is 0 Å². The lowest BCUT2D eigenvalue weighted by atomic mass is 10.2. The van der Waals surface area contributed by atoms with E-state index in [0.29, 0.717) is 9.49 Å². The number of fused-ring (bicyclic) bond motifs is 1. The summed E-state index contributed by atoms with van der Waals surface area (Å²) in [6.45, 7) is 1.95. The van der Waals surface area contributed by atoms with Crippen molar-refractivity contribution in [3.05, 3.63) is 27.2 Å². The lowest BCUT2D eigenvalue weighted by molar-refractivity contribution is 1.45. The van der Waals surface area contributed by atoms with E-state index in [-0.39, 0.29) is 0 Å². The zero-order valence-electron chi connectivity index (χ0n) is 6.27. The van der Waals surface area contributed by atoms with Crippen LogP contribution in [0.4, 0.5) is 0 Å². The molecule has 0 fully saturated rings. The summed E-state index contributed by atoms with van der Waals surface area (Å²) in [6.07, 6.45) is 0. The fraction of sp³-hybridized carbons (Fsp3) is 0.125. The van der Waals surface area contributed by atoms with E-state index < -0.39 is 0 Å². The Labute approximate surface area is 83.9 Å². The van der Waals surface area contributed by atoms with Gasteiger partial charge in [-0.15, -0.1) is 11.3 Å². The van der Waals surface area contributed by atoms with Gasteiger partial charge >= 0.3 is 0 Å². The smallest absolute Gasteiger partial charge is 0.184 e. The molecule has 0 saturated carbocycles. The van der Waals surface area contributed by atoms with E-state index in [2.05, 4.69) is 4.98 Å². The van der Waals surface area contributed by atoms with Gasteiger partial charge in [0.05, 0.1) is 9.72 Å². The topological polar surface area (TPSA) is 12.9 Å². The molecular formula is C8H5Cl2NS. The van der Waals surface area contributed by atoms with Crippen molar-refractivity contribution in [2.75, 3.05) is 0 Å². The molecule has 0 spiro atoms. The van der Waals surface area contributed by atoms with E-state index in [1.165, 1.54) is 11.3 Å². The molecular weight excluding hydrogens is 213 g/mol. The van der Waals surface area contributed by atoms with Gasteiger partial charge in [-0.2, -0.15) is 0 Å². The second-order valence-corrected chi connectivity index (χ2v) is 4.50. The Hall–Kier alpha value is -0.310. The fourth-order valence-corrected chi connectivity index (χ4v) is 2.33. The van der Waals surface area contributed by atoms with Gasteiger partial charge in [0, 0.05) is 0 Å². The maximum absolute atomic E-state index is 6.02. The Balaban J connectivity index is 2.89. The molecule has 1 aromatic carbocycles. The van der Waals surface area contributed by atoms with Crippen LogP contribution in [0.15, 0.2) is 12.1 Å².